The molecule has 0 amide bonds. The van der Waals surface area contributed by atoms with Gasteiger partial charge in [0.25, 0.3) is 0 Å². The van der Waals surface area contributed by atoms with Crippen molar-refractivity contribution in [2.24, 2.45) is 0 Å². The van der Waals surface area contributed by atoms with E-state index in [0.717, 1.165) is 6.42 Å². The zero-order chi connectivity index (χ0) is 6.15. The Hall–Kier alpha value is -0.0900. The first-order valence-electron chi connectivity index (χ1n) is 2.84. The largest absolute Gasteiger partial charge is 0.105 e. The molecule has 0 fully saturated rings. The highest BCUT2D eigenvalue weighted by molar-refractivity contribution is 7.23. The Kier molecular flexibility index (Phi) is 1.53. The normalized spacial score (nSPS) is 19.6. The molecule has 0 bridgehead atoms. The molecule has 0 aromatic carbocycles. The van der Waals surface area contributed by atoms with Gasteiger partial charge in [0.15, 0.2) is 0 Å². The summed E-state index contributed by atoms with van der Waals surface area (Å²) in [6, 6.07) is 0. The third-order valence-electron chi connectivity index (χ3n) is 1.60. The van der Waals surface area contributed by atoms with Gasteiger partial charge in [-0.2, -0.15) is 0 Å². The molecule has 0 spiro atoms. The molecule has 1 heteroatoms. The van der Waals surface area contributed by atoms with Gasteiger partial charge in [0.1, 0.15) is 0 Å². The predicted octanol–water partition coefficient (Wildman–Crippen LogP) is 2.49. The predicted molar refractivity (Wildman–Crippen MR) is 40.8 cm³/mol. The van der Waals surface area contributed by atoms with Crippen molar-refractivity contribution >= 4 is 9.24 Å². The molecule has 0 aromatic rings. The fraction of sp³-hybridized carbons (Fsp3) is 0.429. The van der Waals surface area contributed by atoms with E-state index in [4.69, 9.17) is 0 Å². The van der Waals surface area contributed by atoms with E-state index in [9.17, 15) is 0 Å². The van der Waals surface area contributed by atoms with Crippen LogP contribution in [-0.2, 0) is 0 Å². The second-order valence-electron chi connectivity index (χ2n) is 2.29. The zero-order valence-electron chi connectivity index (χ0n) is 5.36. The second-order valence-corrected chi connectivity index (χ2v) is 2.86. The van der Waals surface area contributed by atoms with Gasteiger partial charge in [-0.1, -0.05) is 11.6 Å². The van der Waals surface area contributed by atoms with Crippen molar-refractivity contribution in [2.75, 3.05) is 0 Å². The lowest BCUT2D eigenvalue weighted by Crippen LogP contribution is -1.68. The van der Waals surface area contributed by atoms with E-state index in [1.807, 2.05) is 0 Å². The van der Waals surface area contributed by atoms with Crippen molar-refractivity contribution in [1.29, 1.82) is 0 Å². The van der Waals surface area contributed by atoms with Crippen molar-refractivity contribution in [2.45, 2.75) is 20.3 Å². The Bertz CT molecular complexity index is 158. The monoisotopic (exact) mass is 126 g/mol. The van der Waals surface area contributed by atoms with Crippen LogP contribution in [0, 0.1) is 0 Å². The molecule has 8 heavy (non-hydrogen) atoms. The molecule has 1 rings (SSSR count). The number of hydrogen-bond donors (Lipinski definition) is 0. The minimum absolute atomic E-state index is 1.16. The standard InChI is InChI=1S/C7H11P/c1-5-3-4-6(2)7(5)8/h3H,4,8H2,1-2H3. The second kappa shape index (κ2) is 2.03. The molecule has 1 aliphatic rings. The van der Waals surface area contributed by atoms with Crippen LogP contribution in [0.15, 0.2) is 22.5 Å². The van der Waals surface area contributed by atoms with Crippen LogP contribution in [0.3, 0.4) is 0 Å². The molecule has 1 aliphatic carbocycles. The topological polar surface area (TPSA) is 0 Å². The zero-order valence-corrected chi connectivity index (χ0v) is 6.52. The van der Waals surface area contributed by atoms with E-state index in [1.165, 1.54) is 16.5 Å². The summed E-state index contributed by atoms with van der Waals surface area (Å²) in [6.45, 7) is 4.33. The molecule has 0 aromatic heterocycles. The Morgan fingerprint density at radius 3 is 2.25 bits per heavy atom. The molecule has 0 radical (unpaired) electrons. The molecular formula is C7H11P. The van der Waals surface area contributed by atoms with Crippen molar-refractivity contribution in [3.63, 3.8) is 0 Å². The molecule has 0 nitrogen and oxygen atoms in total. The molecule has 1 atom stereocenters. The maximum atomic E-state index is 2.76. The minimum Gasteiger partial charge on any atom is -0.105 e. The van der Waals surface area contributed by atoms with Gasteiger partial charge in [0.2, 0.25) is 0 Å². The quantitative estimate of drug-likeness (QED) is 0.437. The van der Waals surface area contributed by atoms with Crippen molar-refractivity contribution in [1.82, 2.24) is 0 Å². The third kappa shape index (κ3) is 0.855. The average molecular weight is 126 g/mol. The fourth-order valence-corrected chi connectivity index (χ4v) is 1.10. The lowest BCUT2D eigenvalue weighted by atomic mass is 10.3. The van der Waals surface area contributed by atoms with Crippen molar-refractivity contribution < 1.29 is 0 Å². The molecule has 44 valence electrons. The van der Waals surface area contributed by atoms with Crippen LogP contribution in [0.4, 0.5) is 0 Å². The Labute approximate surface area is 52.9 Å². The van der Waals surface area contributed by atoms with Crippen molar-refractivity contribution in [3.8, 4) is 0 Å². The first kappa shape index (κ1) is 6.04. The molecule has 0 N–H and O–H groups in total. The van der Waals surface area contributed by atoms with Crippen LogP contribution in [-0.4, -0.2) is 0 Å². The molecule has 0 saturated heterocycles. The highest BCUT2D eigenvalue weighted by Gasteiger charge is 2.03. The van der Waals surface area contributed by atoms with Crippen LogP contribution in [0.25, 0.3) is 0 Å². The maximum Gasteiger partial charge on any atom is -0.0126 e. The van der Waals surface area contributed by atoms with Gasteiger partial charge in [-0.25, -0.2) is 0 Å². The van der Waals surface area contributed by atoms with Crippen LogP contribution in [0.5, 0.6) is 0 Å². The summed E-state index contributed by atoms with van der Waals surface area (Å²) in [7, 11) is 2.76. The van der Waals surface area contributed by atoms with Gasteiger partial charge in [-0.3, -0.25) is 0 Å². The van der Waals surface area contributed by atoms with E-state index in [-0.39, 0.29) is 0 Å². The summed E-state index contributed by atoms with van der Waals surface area (Å²) in [4.78, 5) is 0. The van der Waals surface area contributed by atoms with Gasteiger partial charge < -0.3 is 0 Å². The van der Waals surface area contributed by atoms with E-state index < -0.39 is 0 Å². The van der Waals surface area contributed by atoms with Crippen molar-refractivity contribution in [3.05, 3.63) is 22.5 Å². The van der Waals surface area contributed by atoms with E-state index in [1.54, 1.807) is 0 Å². The van der Waals surface area contributed by atoms with E-state index >= 15 is 0 Å². The minimum atomic E-state index is 1.16. The molecule has 0 aliphatic heterocycles. The lowest BCUT2D eigenvalue weighted by Gasteiger charge is -1.93. The van der Waals surface area contributed by atoms with E-state index in [0.29, 0.717) is 0 Å². The summed E-state index contributed by atoms with van der Waals surface area (Å²) < 4.78 is 0. The highest BCUT2D eigenvalue weighted by atomic mass is 31.0. The highest BCUT2D eigenvalue weighted by Crippen LogP contribution is 2.29. The third-order valence-corrected chi connectivity index (χ3v) is 2.55. The number of hydrogen-bond acceptors (Lipinski definition) is 0. The van der Waals surface area contributed by atoms with Crippen LogP contribution >= 0.6 is 9.24 Å². The smallest absolute Gasteiger partial charge is 0.0126 e. The first-order valence-corrected chi connectivity index (χ1v) is 3.42. The lowest BCUT2D eigenvalue weighted by molar-refractivity contribution is 1.25. The average Bonchev–Trinajstić information content (AvgIpc) is 1.98. The molecular weight excluding hydrogens is 115 g/mol. The number of rotatable bonds is 0. The Balaban J connectivity index is 2.88. The summed E-state index contributed by atoms with van der Waals surface area (Å²) in [5.41, 5.74) is 2.92. The molecule has 0 heterocycles. The van der Waals surface area contributed by atoms with Gasteiger partial charge in [-0.15, -0.1) is 9.24 Å². The first-order chi connectivity index (χ1) is 3.72. The summed E-state index contributed by atoms with van der Waals surface area (Å²) in [5, 5.41) is 1.41. The van der Waals surface area contributed by atoms with Crippen LogP contribution in [0.1, 0.15) is 20.3 Å². The Morgan fingerprint density at radius 2 is 2.12 bits per heavy atom. The van der Waals surface area contributed by atoms with Crippen LogP contribution in [0.2, 0.25) is 0 Å². The van der Waals surface area contributed by atoms with Crippen LogP contribution < -0.4 is 0 Å². The fourth-order valence-electron chi connectivity index (χ4n) is 0.863. The van der Waals surface area contributed by atoms with Gasteiger partial charge >= 0.3 is 0 Å². The van der Waals surface area contributed by atoms with Gasteiger partial charge in [-0.05, 0) is 31.2 Å². The van der Waals surface area contributed by atoms with Gasteiger partial charge in [0, 0.05) is 0 Å². The molecule has 1 unspecified atom stereocenters. The SMILES string of the molecule is CC1=CCC(C)=C1P. The Morgan fingerprint density at radius 1 is 1.50 bits per heavy atom. The maximum absolute atomic E-state index is 2.76. The van der Waals surface area contributed by atoms with E-state index in [2.05, 4.69) is 29.2 Å². The summed E-state index contributed by atoms with van der Waals surface area (Å²) in [6.07, 6.45) is 3.42. The van der Waals surface area contributed by atoms with Gasteiger partial charge in [0.05, 0.1) is 0 Å². The molecule has 0 saturated carbocycles. The summed E-state index contributed by atoms with van der Waals surface area (Å²) >= 11 is 0. The summed E-state index contributed by atoms with van der Waals surface area (Å²) in [5.74, 6) is 0. The number of allylic oxidation sites excluding steroid dienone is 4.